The number of likely N-dealkylation sites (N-methyl/N-ethyl adjacent to an activating group) is 1. The molecule has 0 radical (unpaired) electrons. The molecule has 0 bridgehead atoms. The van der Waals surface area contributed by atoms with Gasteiger partial charge in [-0.1, -0.05) is 0 Å². The van der Waals surface area contributed by atoms with E-state index in [2.05, 4.69) is 4.90 Å². The number of carboxylic acids is 2. The van der Waals surface area contributed by atoms with Gasteiger partial charge in [0.1, 0.15) is 0 Å². The third kappa shape index (κ3) is 7.48. The largest absolute Gasteiger partial charge is 0.478 e. The summed E-state index contributed by atoms with van der Waals surface area (Å²) in [6, 6.07) is 0.421. The Balaban J connectivity index is 0.000000304. The quantitative estimate of drug-likeness (QED) is 0.613. The van der Waals surface area contributed by atoms with E-state index in [4.69, 9.17) is 10.2 Å². The van der Waals surface area contributed by atoms with Crippen LogP contribution in [0.3, 0.4) is 0 Å². The van der Waals surface area contributed by atoms with Crippen molar-refractivity contribution in [2.75, 3.05) is 14.1 Å². The fraction of sp³-hybridized carbons (Fsp3) is 0.636. The lowest BCUT2D eigenvalue weighted by molar-refractivity contribution is -0.134. The van der Waals surface area contributed by atoms with Crippen molar-refractivity contribution in [2.24, 2.45) is 0 Å². The molecule has 98 valence electrons. The molecule has 1 aliphatic carbocycles. The number of aliphatic hydroxyl groups is 1. The van der Waals surface area contributed by atoms with Crippen LogP contribution in [0.2, 0.25) is 0 Å². The molecule has 1 fully saturated rings. The van der Waals surface area contributed by atoms with Gasteiger partial charge in [-0.25, -0.2) is 9.59 Å². The first-order valence-corrected chi connectivity index (χ1v) is 5.33. The van der Waals surface area contributed by atoms with Gasteiger partial charge in [-0.3, -0.25) is 0 Å². The van der Waals surface area contributed by atoms with Gasteiger partial charge in [-0.05, 0) is 33.4 Å². The smallest absolute Gasteiger partial charge is 0.328 e. The first-order valence-electron chi connectivity index (χ1n) is 5.33. The van der Waals surface area contributed by atoms with Crippen LogP contribution in [0.25, 0.3) is 0 Å². The Labute approximate surface area is 100 Å². The Hall–Kier alpha value is -1.40. The van der Waals surface area contributed by atoms with Crippen molar-refractivity contribution >= 4 is 11.9 Å². The summed E-state index contributed by atoms with van der Waals surface area (Å²) in [7, 11) is 4.05. The highest BCUT2D eigenvalue weighted by molar-refractivity contribution is 5.89. The number of carbonyl (C=O) groups is 2. The standard InChI is InChI=1S/C7H15NO.C4H4O4/c1-8(2)6-4-3-5-7(6)9;5-3(6)1-2-4(7)8/h6-7,9H,3-5H2,1-2H3;1-2H,(H,5,6)(H,7,8). The summed E-state index contributed by atoms with van der Waals surface area (Å²) in [6.45, 7) is 0. The molecule has 3 N–H and O–H groups in total. The van der Waals surface area contributed by atoms with Crippen LogP contribution in [-0.4, -0.2) is 58.4 Å². The zero-order valence-corrected chi connectivity index (χ0v) is 10.0. The maximum Gasteiger partial charge on any atom is 0.328 e. The van der Waals surface area contributed by atoms with E-state index in [0.717, 1.165) is 12.8 Å². The lowest BCUT2D eigenvalue weighted by Gasteiger charge is -2.21. The second kappa shape index (κ2) is 7.81. The predicted octanol–water partition coefficient (Wildman–Crippen LogP) is 0.173. The van der Waals surface area contributed by atoms with Crippen LogP contribution in [0.1, 0.15) is 19.3 Å². The minimum atomic E-state index is -1.26. The third-order valence-electron chi connectivity index (χ3n) is 2.48. The zero-order valence-electron chi connectivity index (χ0n) is 10.0. The molecule has 6 nitrogen and oxygen atoms in total. The van der Waals surface area contributed by atoms with E-state index >= 15 is 0 Å². The summed E-state index contributed by atoms with van der Waals surface area (Å²) in [5, 5.41) is 24.9. The molecule has 0 aliphatic heterocycles. The predicted molar refractivity (Wildman–Crippen MR) is 61.7 cm³/mol. The summed E-state index contributed by atoms with van der Waals surface area (Å²) in [5.41, 5.74) is 0. The highest BCUT2D eigenvalue weighted by Crippen LogP contribution is 2.21. The van der Waals surface area contributed by atoms with Crippen LogP contribution in [0.5, 0.6) is 0 Å². The van der Waals surface area contributed by atoms with Crippen molar-refractivity contribution in [2.45, 2.75) is 31.4 Å². The molecule has 0 aromatic rings. The fourth-order valence-corrected chi connectivity index (χ4v) is 1.67. The van der Waals surface area contributed by atoms with Crippen molar-refractivity contribution in [1.82, 2.24) is 4.90 Å². The number of nitrogens with zero attached hydrogens (tertiary/aromatic N) is 1. The average Bonchev–Trinajstić information content (AvgIpc) is 2.62. The van der Waals surface area contributed by atoms with Crippen molar-refractivity contribution < 1.29 is 24.9 Å². The summed E-state index contributed by atoms with van der Waals surface area (Å²) in [4.78, 5) is 21.2. The summed E-state index contributed by atoms with van der Waals surface area (Å²) >= 11 is 0. The van der Waals surface area contributed by atoms with Gasteiger partial charge in [0, 0.05) is 18.2 Å². The van der Waals surface area contributed by atoms with E-state index in [1.54, 1.807) is 0 Å². The minimum Gasteiger partial charge on any atom is -0.478 e. The molecule has 2 atom stereocenters. The van der Waals surface area contributed by atoms with E-state index in [0.29, 0.717) is 18.2 Å². The van der Waals surface area contributed by atoms with E-state index in [9.17, 15) is 14.7 Å². The molecular formula is C11H19NO5. The van der Waals surface area contributed by atoms with Crippen LogP contribution in [0.15, 0.2) is 12.2 Å². The van der Waals surface area contributed by atoms with Gasteiger partial charge in [0.25, 0.3) is 0 Å². The molecule has 0 heterocycles. The summed E-state index contributed by atoms with van der Waals surface area (Å²) < 4.78 is 0. The molecule has 0 amide bonds. The normalized spacial score (nSPS) is 23.5. The Morgan fingerprint density at radius 3 is 1.76 bits per heavy atom. The molecular weight excluding hydrogens is 226 g/mol. The summed E-state index contributed by atoms with van der Waals surface area (Å²) in [6.07, 6.45) is 4.38. The molecule has 0 aromatic carbocycles. The lowest BCUT2D eigenvalue weighted by Crippen LogP contribution is -2.34. The van der Waals surface area contributed by atoms with Crippen molar-refractivity contribution in [3.63, 3.8) is 0 Å². The molecule has 1 rings (SSSR count). The molecule has 0 aromatic heterocycles. The van der Waals surface area contributed by atoms with Crippen LogP contribution in [-0.2, 0) is 9.59 Å². The van der Waals surface area contributed by atoms with Crippen LogP contribution >= 0.6 is 0 Å². The van der Waals surface area contributed by atoms with Gasteiger partial charge < -0.3 is 20.2 Å². The van der Waals surface area contributed by atoms with Gasteiger partial charge in [0.15, 0.2) is 0 Å². The topological polar surface area (TPSA) is 98.1 Å². The van der Waals surface area contributed by atoms with Crippen molar-refractivity contribution in [3.8, 4) is 0 Å². The zero-order chi connectivity index (χ0) is 13.4. The van der Waals surface area contributed by atoms with Gasteiger partial charge in [-0.2, -0.15) is 0 Å². The van der Waals surface area contributed by atoms with E-state index in [1.807, 2.05) is 14.1 Å². The average molecular weight is 245 g/mol. The third-order valence-corrected chi connectivity index (χ3v) is 2.48. The SMILES string of the molecule is CN(C)C1CCCC1O.O=C(O)C=CC(=O)O. The van der Waals surface area contributed by atoms with Crippen LogP contribution in [0.4, 0.5) is 0 Å². The maximum atomic E-state index is 9.55. The molecule has 0 spiro atoms. The molecule has 2 unspecified atom stereocenters. The summed E-state index contributed by atoms with van der Waals surface area (Å²) in [5.74, 6) is -2.51. The monoisotopic (exact) mass is 245 g/mol. The Bertz CT molecular complexity index is 272. The number of hydrogen-bond acceptors (Lipinski definition) is 4. The van der Waals surface area contributed by atoms with E-state index in [-0.39, 0.29) is 6.10 Å². The van der Waals surface area contributed by atoms with Gasteiger partial charge >= 0.3 is 11.9 Å². The van der Waals surface area contributed by atoms with Gasteiger partial charge in [-0.15, -0.1) is 0 Å². The number of rotatable bonds is 3. The molecule has 6 heteroatoms. The minimum absolute atomic E-state index is 0.0694. The molecule has 0 saturated heterocycles. The number of carboxylic acid groups (broad SMARTS) is 2. The molecule has 1 saturated carbocycles. The first kappa shape index (κ1) is 15.6. The van der Waals surface area contributed by atoms with Crippen LogP contribution < -0.4 is 0 Å². The number of aliphatic hydroxyl groups excluding tert-OH is 1. The highest BCUT2D eigenvalue weighted by Gasteiger charge is 2.26. The Kier molecular flexibility index (Phi) is 7.16. The van der Waals surface area contributed by atoms with Gasteiger partial charge in [0.2, 0.25) is 0 Å². The van der Waals surface area contributed by atoms with Crippen molar-refractivity contribution in [3.05, 3.63) is 12.2 Å². The Morgan fingerprint density at radius 1 is 1.12 bits per heavy atom. The number of aliphatic carboxylic acids is 2. The van der Waals surface area contributed by atoms with Crippen LogP contribution in [0, 0.1) is 0 Å². The fourth-order valence-electron chi connectivity index (χ4n) is 1.67. The maximum absolute atomic E-state index is 9.55. The number of hydrogen-bond donors (Lipinski definition) is 3. The van der Waals surface area contributed by atoms with E-state index in [1.165, 1.54) is 6.42 Å². The second-order valence-electron chi connectivity index (χ2n) is 4.04. The molecule has 17 heavy (non-hydrogen) atoms. The van der Waals surface area contributed by atoms with Crippen molar-refractivity contribution in [1.29, 1.82) is 0 Å². The van der Waals surface area contributed by atoms with E-state index < -0.39 is 11.9 Å². The highest BCUT2D eigenvalue weighted by atomic mass is 16.4. The lowest BCUT2D eigenvalue weighted by atomic mass is 10.2. The van der Waals surface area contributed by atoms with Gasteiger partial charge in [0.05, 0.1) is 6.10 Å². The second-order valence-corrected chi connectivity index (χ2v) is 4.04. The first-order chi connectivity index (χ1) is 7.84. The Morgan fingerprint density at radius 2 is 1.59 bits per heavy atom. The molecule has 1 aliphatic rings.